The smallest absolute Gasteiger partial charge is 0.324 e. The first kappa shape index (κ1) is 13.3. The minimum atomic E-state index is -0.424. The van der Waals surface area contributed by atoms with Crippen LogP contribution >= 0.6 is 11.3 Å². The second-order valence-electron chi connectivity index (χ2n) is 3.75. The zero-order valence-electron chi connectivity index (χ0n) is 10.1. The lowest BCUT2D eigenvalue weighted by Crippen LogP contribution is -2.00. The zero-order chi connectivity index (χ0) is 13.8. The van der Waals surface area contributed by atoms with Gasteiger partial charge in [-0.2, -0.15) is 0 Å². The van der Waals surface area contributed by atoms with E-state index in [1.807, 2.05) is 0 Å². The molecule has 1 heterocycles. The third kappa shape index (κ3) is 3.19. The van der Waals surface area contributed by atoms with E-state index in [2.05, 4.69) is 5.32 Å². The first-order valence-corrected chi connectivity index (χ1v) is 6.27. The van der Waals surface area contributed by atoms with Gasteiger partial charge in [-0.25, -0.2) is 4.39 Å². The third-order valence-corrected chi connectivity index (χ3v) is 3.40. The number of hydrogen-bond donors (Lipinski definition) is 1. The molecule has 2 rings (SSSR count). The third-order valence-electron chi connectivity index (χ3n) is 2.47. The molecule has 19 heavy (non-hydrogen) atoms. The Hall–Kier alpha value is -2.15. The van der Waals surface area contributed by atoms with Crippen molar-refractivity contribution in [3.63, 3.8) is 0 Å². The van der Waals surface area contributed by atoms with Crippen LogP contribution in [0.5, 0.6) is 5.75 Å². The molecule has 5 nitrogen and oxygen atoms in total. The maximum atomic E-state index is 13.0. The van der Waals surface area contributed by atoms with Crippen molar-refractivity contribution < 1.29 is 14.1 Å². The van der Waals surface area contributed by atoms with Crippen LogP contribution in [0.25, 0.3) is 0 Å². The summed E-state index contributed by atoms with van der Waals surface area (Å²) in [7, 11) is 1.45. The maximum Gasteiger partial charge on any atom is 0.324 e. The van der Waals surface area contributed by atoms with E-state index in [0.29, 0.717) is 18.0 Å². The molecule has 7 heteroatoms. The summed E-state index contributed by atoms with van der Waals surface area (Å²) in [5, 5.41) is 15.4. The van der Waals surface area contributed by atoms with Gasteiger partial charge in [0.25, 0.3) is 0 Å². The highest BCUT2D eigenvalue weighted by Crippen LogP contribution is 2.27. The van der Waals surface area contributed by atoms with Gasteiger partial charge in [0.15, 0.2) is 0 Å². The Kier molecular flexibility index (Phi) is 3.96. The molecular weight excluding hydrogens is 271 g/mol. The predicted molar refractivity (Wildman–Crippen MR) is 71.3 cm³/mol. The second-order valence-corrected chi connectivity index (χ2v) is 4.64. The summed E-state index contributed by atoms with van der Waals surface area (Å²) in [4.78, 5) is 10.1. The van der Waals surface area contributed by atoms with Crippen molar-refractivity contribution >= 4 is 22.0 Å². The Balaban J connectivity index is 2.07. The van der Waals surface area contributed by atoms with Crippen LogP contribution in [0.1, 0.15) is 5.56 Å². The average molecular weight is 282 g/mol. The number of anilines is 1. The minimum Gasteiger partial charge on any atom is -0.494 e. The standard InChI is InChI=1S/C12H11FN2O3S/c1-18-11-5-9(13)2-3-10(11)14-6-8-4-12(15(16)17)19-7-8/h2-5,7,14H,6H2,1H3. The van der Waals surface area contributed by atoms with Gasteiger partial charge in [-0.3, -0.25) is 10.1 Å². The van der Waals surface area contributed by atoms with E-state index < -0.39 is 4.92 Å². The fraction of sp³-hybridized carbons (Fsp3) is 0.167. The summed E-state index contributed by atoms with van der Waals surface area (Å²) in [5.74, 6) is 0.0123. The van der Waals surface area contributed by atoms with Gasteiger partial charge in [0.2, 0.25) is 0 Å². The molecule has 0 unspecified atom stereocenters. The molecule has 0 fully saturated rings. The monoisotopic (exact) mass is 282 g/mol. The van der Waals surface area contributed by atoms with Gasteiger partial charge in [0, 0.05) is 24.1 Å². The summed E-state index contributed by atoms with van der Waals surface area (Å²) in [5.41, 5.74) is 1.43. The van der Waals surface area contributed by atoms with Crippen molar-refractivity contribution in [3.05, 3.63) is 51.1 Å². The van der Waals surface area contributed by atoms with Gasteiger partial charge >= 0.3 is 5.00 Å². The van der Waals surface area contributed by atoms with Crippen molar-refractivity contribution in [2.75, 3.05) is 12.4 Å². The molecule has 0 radical (unpaired) electrons. The van der Waals surface area contributed by atoms with Crippen LogP contribution in [-0.2, 0) is 6.54 Å². The van der Waals surface area contributed by atoms with E-state index in [1.165, 1.54) is 25.3 Å². The number of hydrogen-bond acceptors (Lipinski definition) is 5. The van der Waals surface area contributed by atoms with E-state index in [-0.39, 0.29) is 10.8 Å². The molecule has 0 saturated heterocycles. The normalized spacial score (nSPS) is 10.2. The van der Waals surface area contributed by atoms with Gasteiger partial charge in [0.1, 0.15) is 11.6 Å². The van der Waals surface area contributed by atoms with Crippen molar-refractivity contribution in [3.8, 4) is 5.75 Å². The Labute approximate surface area is 112 Å². The molecule has 1 N–H and O–H groups in total. The number of nitrogens with zero attached hydrogens (tertiary/aromatic N) is 1. The molecule has 0 aliphatic heterocycles. The number of nitrogens with one attached hydrogen (secondary N) is 1. The number of rotatable bonds is 5. The number of nitro groups is 1. The lowest BCUT2D eigenvalue weighted by Gasteiger charge is -2.10. The van der Waals surface area contributed by atoms with Gasteiger partial charge in [-0.05, 0) is 17.7 Å². The van der Waals surface area contributed by atoms with E-state index in [9.17, 15) is 14.5 Å². The molecule has 0 bridgehead atoms. The van der Waals surface area contributed by atoms with E-state index in [0.717, 1.165) is 16.9 Å². The van der Waals surface area contributed by atoms with Crippen molar-refractivity contribution in [2.45, 2.75) is 6.54 Å². The Bertz CT molecular complexity index is 600. The summed E-state index contributed by atoms with van der Waals surface area (Å²) >= 11 is 1.07. The minimum absolute atomic E-state index is 0.0999. The molecular formula is C12H11FN2O3S. The highest BCUT2D eigenvalue weighted by atomic mass is 32.1. The maximum absolute atomic E-state index is 13.0. The van der Waals surface area contributed by atoms with Crippen LogP contribution in [0.15, 0.2) is 29.6 Å². The molecule has 0 atom stereocenters. The van der Waals surface area contributed by atoms with Crippen molar-refractivity contribution in [1.29, 1.82) is 0 Å². The van der Waals surface area contributed by atoms with Gasteiger partial charge in [-0.1, -0.05) is 11.3 Å². The number of methoxy groups -OCH3 is 1. The quantitative estimate of drug-likeness (QED) is 0.674. The fourth-order valence-corrected chi connectivity index (χ4v) is 2.29. The topological polar surface area (TPSA) is 64.4 Å². The number of ether oxygens (including phenoxy) is 1. The predicted octanol–water partition coefficient (Wildman–Crippen LogP) is 3.42. The molecule has 1 aromatic carbocycles. The molecule has 100 valence electrons. The molecule has 2 aromatic rings. The van der Waals surface area contributed by atoms with Gasteiger partial charge in [0.05, 0.1) is 17.7 Å². The molecule has 0 amide bonds. The van der Waals surface area contributed by atoms with Crippen LogP contribution in [0.2, 0.25) is 0 Å². The van der Waals surface area contributed by atoms with E-state index in [1.54, 1.807) is 11.4 Å². The highest BCUT2D eigenvalue weighted by Gasteiger charge is 2.10. The zero-order valence-corrected chi connectivity index (χ0v) is 10.9. The van der Waals surface area contributed by atoms with Crippen LogP contribution in [0.3, 0.4) is 0 Å². The Morgan fingerprint density at radius 1 is 1.47 bits per heavy atom. The van der Waals surface area contributed by atoms with E-state index >= 15 is 0 Å². The molecule has 0 saturated carbocycles. The lowest BCUT2D eigenvalue weighted by molar-refractivity contribution is -0.380. The van der Waals surface area contributed by atoms with Crippen LogP contribution in [-0.4, -0.2) is 12.0 Å². The summed E-state index contributed by atoms with van der Waals surface area (Å²) in [6.45, 7) is 0.409. The van der Waals surface area contributed by atoms with Gasteiger partial charge in [-0.15, -0.1) is 0 Å². The highest BCUT2D eigenvalue weighted by molar-refractivity contribution is 7.13. The Morgan fingerprint density at radius 3 is 2.89 bits per heavy atom. The largest absolute Gasteiger partial charge is 0.494 e. The summed E-state index contributed by atoms with van der Waals surface area (Å²) < 4.78 is 18.1. The first-order chi connectivity index (χ1) is 9.10. The van der Waals surface area contributed by atoms with Crippen LogP contribution in [0, 0.1) is 15.9 Å². The number of benzene rings is 1. The van der Waals surface area contributed by atoms with Gasteiger partial charge < -0.3 is 10.1 Å². The number of thiophene rings is 1. The summed E-state index contributed by atoms with van der Waals surface area (Å²) in [6, 6.07) is 5.67. The van der Waals surface area contributed by atoms with Crippen molar-refractivity contribution in [1.82, 2.24) is 0 Å². The molecule has 0 aliphatic carbocycles. The lowest BCUT2D eigenvalue weighted by atomic mass is 10.2. The second kappa shape index (κ2) is 5.66. The van der Waals surface area contributed by atoms with Crippen LogP contribution in [0.4, 0.5) is 15.1 Å². The van der Waals surface area contributed by atoms with Crippen LogP contribution < -0.4 is 10.1 Å². The summed E-state index contributed by atoms with van der Waals surface area (Å²) in [6.07, 6.45) is 0. The number of halogens is 1. The van der Waals surface area contributed by atoms with E-state index in [4.69, 9.17) is 4.74 Å². The molecule has 0 aliphatic rings. The Morgan fingerprint density at radius 2 is 2.26 bits per heavy atom. The first-order valence-electron chi connectivity index (χ1n) is 5.39. The average Bonchev–Trinajstić information content (AvgIpc) is 2.86. The van der Waals surface area contributed by atoms with Crippen molar-refractivity contribution in [2.24, 2.45) is 0 Å². The molecule has 1 aromatic heterocycles. The SMILES string of the molecule is COc1cc(F)ccc1NCc1csc([N+](=O)[O-])c1. The molecule has 0 spiro atoms. The fourth-order valence-electron chi connectivity index (χ4n) is 1.56.